The lowest BCUT2D eigenvalue weighted by molar-refractivity contribution is 0.238. The molecule has 1 aliphatic rings. The molecule has 0 amide bonds. The number of hydrogen-bond acceptors (Lipinski definition) is 1. The maximum absolute atomic E-state index is 3.83. The molecule has 0 aromatic carbocycles. The molecular weight excluding hydrogens is 170 g/mol. The molecule has 0 unspecified atom stereocenters. The van der Waals surface area contributed by atoms with Crippen molar-refractivity contribution in [2.24, 2.45) is 11.3 Å². The predicted octanol–water partition coefficient (Wildman–Crippen LogP) is 3.32. The highest BCUT2D eigenvalue weighted by atomic mass is 15.1. The minimum Gasteiger partial charge on any atom is -0.299 e. The quantitative estimate of drug-likeness (QED) is 0.588. The fraction of sp³-hybridized carbons (Fsp3) is 0.846. The van der Waals surface area contributed by atoms with Gasteiger partial charge in [0.2, 0.25) is 0 Å². The van der Waals surface area contributed by atoms with Gasteiger partial charge in [-0.05, 0) is 37.1 Å². The SMILES string of the molecule is C=CCN(CCC(C)(C)C)CC1CC1. The third-order valence-corrected chi connectivity index (χ3v) is 2.78. The van der Waals surface area contributed by atoms with Crippen LogP contribution in [-0.2, 0) is 0 Å². The van der Waals surface area contributed by atoms with Gasteiger partial charge in [0, 0.05) is 13.1 Å². The fourth-order valence-corrected chi connectivity index (χ4v) is 1.60. The molecule has 1 heteroatoms. The molecule has 0 saturated heterocycles. The summed E-state index contributed by atoms with van der Waals surface area (Å²) in [4.78, 5) is 2.55. The monoisotopic (exact) mass is 195 g/mol. The van der Waals surface area contributed by atoms with Gasteiger partial charge in [-0.1, -0.05) is 26.8 Å². The molecule has 0 N–H and O–H groups in total. The van der Waals surface area contributed by atoms with Crippen LogP contribution in [0.2, 0.25) is 0 Å². The minimum absolute atomic E-state index is 0.461. The Hall–Kier alpha value is -0.300. The summed E-state index contributed by atoms with van der Waals surface area (Å²) in [5.41, 5.74) is 0.461. The second-order valence-corrected chi connectivity index (χ2v) is 5.80. The van der Waals surface area contributed by atoms with Crippen LogP contribution in [0.25, 0.3) is 0 Å². The van der Waals surface area contributed by atoms with Crippen molar-refractivity contribution in [2.75, 3.05) is 19.6 Å². The molecule has 0 aromatic rings. The zero-order chi connectivity index (χ0) is 10.6. The van der Waals surface area contributed by atoms with Crippen molar-refractivity contribution >= 4 is 0 Å². The van der Waals surface area contributed by atoms with E-state index in [1.807, 2.05) is 6.08 Å². The number of nitrogens with zero attached hydrogens (tertiary/aromatic N) is 1. The van der Waals surface area contributed by atoms with E-state index in [0.29, 0.717) is 5.41 Å². The summed E-state index contributed by atoms with van der Waals surface area (Å²) in [6.45, 7) is 14.4. The van der Waals surface area contributed by atoms with Gasteiger partial charge in [0.15, 0.2) is 0 Å². The fourth-order valence-electron chi connectivity index (χ4n) is 1.60. The van der Waals surface area contributed by atoms with Crippen molar-refractivity contribution < 1.29 is 0 Å². The molecule has 0 aromatic heterocycles. The molecule has 0 bridgehead atoms. The first-order chi connectivity index (χ1) is 6.51. The summed E-state index contributed by atoms with van der Waals surface area (Å²) in [5, 5.41) is 0. The van der Waals surface area contributed by atoms with Gasteiger partial charge in [-0.2, -0.15) is 0 Å². The van der Waals surface area contributed by atoms with Gasteiger partial charge in [-0.15, -0.1) is 6.58 Å². The van der Waals surface area contributed by atoms with E-state index in [4.69, 9.17) is 0 Å². The molecule has 1 fully saturated rings. The van der Waals surface area contributed by atoms with Crippen molar-refractivity contribution in [3.05, 3.63) is 12.7 Å². The van der Waals surface area contributed by atoms with Crippen LogP contribution in [0.1, 0.15) is 40.0 Å². The van der Waals surface area contributed by atoms with Crippen molar-refractivity contribution in [1.29, 1.82) is 0 Å². The van der Waals surface area contributed by atoms with E-state index >= 15 is 0 Å². The highest BCUT2D eigenvalue weighted by Gasteiger charge is 2.24. The van der Waals surface area contributed by atoms with E-state index in [-0.39, 0.29) is 0 Å². The second kappa shape index (κ2) is 4.97. The first kappa shape index (κ1) is 11.8. The van der Waals surface area contributed by atoms with E-state index < -0.39 is 0 Å². The molecule has 1 aliphatic carbocycles. The maximum Gasteiger partial charge on any atom is 0.0160 e. The summed E-state index contributed by atoms with van der Waals surface area (Å²) >= 11 is 0. The Morgan fingerprint density at radius 2 is 2.00 bits per heavy atom. The van der Waals surface area contributed by atoms with Crippen LogP contribution in [0.15, 0.2) is 12.7 Å². The van der Waals surface area contributed by atoms with Gasteiger partial charge in [0.05, 0.1) is 0 Å². The predicted molar refractivity (Wildman–Crippen MR) is 63.4 cm³/mol. The zero-order valence-electron chi connectivity index (χ0n) is 10.1. The Morgan fingerprint density at radius 3 is 2.43 bits per heavy atom. The van der Waals surface area contributed by atoms with E-state index in [2.05, 4.69) is 32.3 Å². The Bertz CT molecular complexity index is 174. The maximum atomic E-state index is 3.83. The summed E-state index contributed by atoms with van der Waals surface area (Å²) in [6.07, 6.45) is 6.21. The second-order valence-electron chi connectivity index (χ2n) is 5.80. The first-order valence-corrected chi connectivity index (χ1v) is 5.84. The molecule has 82 valence electrons. The van der Waals surface area contributed by atoms with Crippen molar-refractivity contribution in [2.45, 2.75) is 40.0 Å². The van der Waals surface area contributed by atoms with Gasteiger partial charge in [-0.25, -0.2) is 0 Å². The van der Waals surface area contributed by atoms with Gasteiger partial charge in [0.25, 0.3) is 0 Å². The summed E-state index contributed by atoms with van der Waals surface area (Å²) in [6, 6.07) is 0. The van der Waals surface area contributed by atoms with Crippen LogP contribution < -0.4 is 0 Å². The molecule has 0 atom stereocenters. The van der Waals surface area contributed by atoms with E-state index in [0.717, 1.165) is 12.5 Å². The standard InChI is InChI=1S/C13H25N/c1-5-9-14(11-12-6-7-12)10-8-13(2,3)4/h5,12H,1,6-11H2,2-4H3. The summed E-state index contributed by atoms with van der Waals surface area (Å²) < 4.78 is 0. The molecule has 0 spiro atoms. The first-order valence-electron chi connectivity index (χ1n) is 5.84. The van der Waals surface area contributed by atoms with Crippen molar-refractivity contribution in [1.82, 2.24) is 4.90 Å². The van der Waals surface area contributed by atoms with Crippen LogP contribution in [0.3, 0.4) is 0 Å². The lowest BCUT2D eigenvalue weighted by Crippen LogP contribution is -2.29. The average molecular weight is 195 g/mol. The topological polar surface area (TPSA) is 3.24 Å². The van der Waals surface area contributed by atoms with Crippen LogP contribution in [0.5, 0.6) is 0 Å². The summed E-state index contributed by atoms with van der Waals surface area (Å²) in [5.74, 6) is 0.995. The van der Waals surface area contributed by atoms with E-state index in [9.17, 15) is 0 Å². The highest BCUT2D eigenvalue weighted by Crippen LogP contribution is 2.30. The van der Waals surface area contributed by atoms with E-state index in [1.54, 1.807) is 0 Å². The third-order valence-electron chi connectivity index (χ3n) is 2.78. The normalized spacial score (nSPS) is 17.4. The van der Waals surface area contributed by atoms with Crippen molar-refractivity contribution in [3.8, 4) is 0 Å². The van der Waals surface area contributed by atoms with Gasteiger partial charge in [-0.3, -0.25) is 4.90 Å². The molecule has 0 heterocycles. The molecule has 1 rings (SSSR count). The molecule has 1 nitrogen and oxygen atoms in total. The zero-order valence-corrected chi connectivity index (χ0v) is 10.1. The minimum atomic E-state index is 0.461. The lowest BCUT2D eigenvalue weighted by Gasteiger charge is -2.25. The number of rotatable bonds is 6. The molecule has 0 radical (unpaired) electrons. The molecule has 0 aliphatic heterocycles. The highest BCUT2D eigenvalue weighted by molar-refractivity contribution is 4.81. The third kappa shape index (κ3) is 5.43. The smallest absolute Gasteiger partial charge is 0.0160 e. The van der Waals surface area contributed by atoms with Crippen LogP contribution in [-0.4, -0.2) is 24.5 Å². The Morgan fingerprint density at radius 1 is 1.36 bits per heavy atom. The van der Waals surface area contributed by atoms with Gasteiger partial charge >= 0.3 is 0 Å². The summed E-state index contributed by atoms with van der Waals surface area (Å²) in [7, 11) is 0. The Kier molecular flexibility index (Phi) is 4.18. The van der Waals surface area contributed by atoms with Crippen LogP contribution >= 0.6 is 0 Å². The van der Waals surface area contributed by atoms with Crippen molar-refractivity contribution in [3.63, 3.8) is 0 Å². The van der Waals surface area contributed by atoms with Gasteiger partial charge in [0.1, 0.15) is 0 Å². The van der Waals surface area contributed by atoms with E-state index in [1.165, 1.54) is 32.4 Å². The molecule has 1 saturated carbocycles. The largest absolute Gasteiger partial charge is 0.299 e. The average Bonchev–Trinajstić information content (AvgIpc) is 2.83. The Balaban J connectivity index is 2.22. The number of hydrogen-bond donors (Lipinski definition) is 0. The van der Waals surface area contributed by atoms with Gasteiger partial charge < -0.3 is 0 Å². The van der Waals surface area contributed by atoms with Crippen LogP contribution in [0.4, 0.5) is 0 Å². The molecule has 14 heavy (non-hydrogen) atoms. The molecular formula is C13H25N. The van der Waals surface area contributed by atoms with Crippen LogP contribution in [0, 0.1) is 11.3 Å². The lowest BCUT2D eigenvalue weighted by atomic mass is 9.92. The Labute approximate surface area is 89.2 Å².